The van der Waals surface area contributed by atoms with E-state index >= 15 is 0 Å². The van der Waals surface area contributed by atoms with Crippen LogP contribution >= 0.6 is 0 Å². The largest absolute Gasteiger partial charge is 0.416 e. The highest BCUT2D eigenvalue weighted by molar-refractivity contribution is 7.89. The number of hydrogen-bond donors (Lipinski definition) is 1. The molecule has 1 aromatic carbocycles. The molecule has 168 valence electrons. The van der Waals surface area contributed by atoms with Gasteiger partial charge >= 0.3 is 6.18 Å². The summed E-state index contributed by atoms with van der Waals surface area (Å²) in [7, 11) is -4.22. The molecule has 0 aliphatic carbocycles. The number of carbonyl (C=O) groups is 1. The minimum Gasteiger partial charge on any atom is -0.339 e. The van der Waals surface area contributed by atoms with Gasteiger partial charge in [-0.05, 0) is 44.1 Å². The summed E-state index contributed by atoms with van der Waals surface area (Å²) in [6.07, 6.45) is -2.15. The molecule has 7 nitrogen and oxygen atoms in total. The van der Waals surface area contributed by atoms with Crippen LogP contribution in [-0.4, -0.2) is 87.9 Å². The monoisotopic (exact) mass is 448 g/mol. The van der Waals surface area contributed by atoms with Gasteiger partial charge in [-0.3, -0.25) is 9.69 Å². The molecule has 1 N–H and O–H groups in total. The van der Waals surface area contributed by atoms with E-state index in [-0.39, 0.29) is 5.91 Å². The fourth-order valence-electron chi connectivity index (χ4n) is 3.70. The molecule has 0 saturated carbocycles. The minimum absolute atomic E-state index is 0.384. The topological polar surface area (TPSA) is 73.0 Å². The zero-order valence-electron chi connectivity index (χ0n) is 16.7. The average Bonchev–Trinajstić information content (AvgIpc) is 3.24. The summed E-state index contributed by atoms with van der Waals surface area (Å²) < 4.78 is 65.1. The Labute approximate surface area is 174 Å². The van der Waals surface area contributed by atoms with Crippen molar-refractivity contribution in [3.05, 3.63) is 29.8 Å². The maximum Gasteiger partial charge on any atom is 0.416 e. The molecule has 2 heterocycles. The third kappa shape index (κ3) is 6.16. The molecule has 2 fully saturated rings. The summed E-state index contributed by atoms with van der Waals surface area (Å²) in [6, 6.07) is 3.46. The molecule has 11 heteroatoms. The molecule has 0 spiro atoms. The van der Waals surface area contributed by atoms with Crippen molar-refractivity contribution in [2.45, 2.75) is 23.9 Å². The van der Waals surface area contributed by atoms with Crippen molar-refractivity contribution in [2.24, 2.45) is 0 Å². The van der Waals surface area contributed by atoms with E-state index in [9.17, 15) is 26.4 Å². The van der Waals surface area contributed by atoms with Crippen molar-refractivity contribution < 1.29 is 26.4 Å². The quantitative estimate of drug-likeness (QED) is 0.679. The Hall–Kier alpha value is -1.69. The van der Waals surface area contributed by atoms with Crippen molar-refractivity contribution in [1.29, 1.82) is 0 Å². The van der Waals surface area contributed by atoms with Gasteiger partial charge in [0.1, 0.15) is 0 Å². The number of benzene rings is 1. The van der Waals surface area contributed by atoms with Crippen LogP contribution in [0.4, 0.5) is 13.2 Å². The first-order valence-electron chi connectivity index (χ1n) is 10.0. The molecule has 0 aromatic heterocycles. The SMILES string of the molecule is O=C(CNS(=O)(=O)c1cccc(C(F)(F)F)c1)N1CCN(CCN2CCCC2)CC1. The molecule has 2 aliphatic heterocycles. The Bertz CT molecular complexity index is 834. The van der Waals surface area contributed by atoms with Gasteiger partial charge in [-0.2, -0.15) is 13.2 Å². The summed E-state index contributed by atoms with van der Waals surface area (Å²) in [5.41, 5.74) is -1.05. The smallest absolute Gasteiger partial charge is 0.339 e. The van der Waals surface area contributed by atoms with Crippen molar-refractivity contribution in [1.82, 2.24) is 19.4 Å². The molecule has 2 aliphatic rings. The van der Waals surface area contributed by atoms with Crippen LogP contribution in [0.25, 0.3) is 0 Å². The third-order valence-electron chi connectivity index (χ3n) is 5.54. The number of hydrogen-bond acceptors (Lipinski definition) is 5. The van der Waals surface area contributed by atoms with Gasteiger partial charge in [-0.15, -0.1) is 0 Å². The number of nitrogens with one attached hydrogen (secondary N) is 1. The van der Waals surface area contributed by atoms with Crippen LogP contribution in [0.3, 0.4) is 0 Å². The second kappa shape index (κ2) is 9.63. The van der Waals surface area contributed by atoms with Crippen LogP contribution in [0.1, 0.15) is 18.4 Å². The van der Waals surface area contributed by atoms with Crippen LogP contribution in [0.2, 0.25) is 0 Å². The first-order valence-corrected chi connectivity index (χ1v) is 11.5. The number of likely N-dealkylation sites (tertiary alicyclic amines) is 1. The summed E-state index contributed by atoms with van der Waals surface area (Å²) in [6.45, 7) is 6.23. The first-order chi connectivity index (χ1) is 14.1. The van der Waals surface area contributed by atoms with Gasteiger partial charge < -0.3 is 9.80 Å². The lowest BCUT2D eigenvalue weighted by Gasteiger charge is -2.35. The fourth-order valence-corrected chi connectivity index (χ4v) is 4.72. The van der Waals surface area contributed by atoms with Crippen molar-refractivity contribution in [3.8, 4) is 0 Å². The van der Waals surface area contributed by atoms with Crippen molar-refractivity contribution in [3.63, 3.8) is 0 Å². The Kier molecular flexibility index (Phi) is 7.38. The fraction of sp³-hybridized carbons (Fsp3) is 0.632. The molecule has 3 rings (SSSR count). The van der Waals surface area contributed by atoms with E-state index in [1.807, 2.05) is 0 Å². The Balaban J connectivity index is 1.46. The van der Waals surface area contributed by atoms with Crippen LogP contribution in [0.5, 0.6) is 0 Å². The van der Waals surface area contributed by atoms with E-state index < -0.39 is 33.2 Å². The van der Waals surface area contributed by atoms with E-state index in [1.54, 1.807) is 4.90 Å². The number of nitrogens with zero attached hydrogens (tertiary/aromatic N) is 3. The third-order valence-corrected chi connectivity index (χ3v) is 6.94. The Morgan fingerprint density at radius 1 is 0.967 bits per heavy atom. The highest BCUT2D eigenvalue weighted by Crippen LogP contribution is 2.30. The van der Waals surface area contributed by atoms with Crippen molar-refractivity contribution in [2.75, 3.05) is 58.9 Å². The lowest BCUT2D eigenvalue weighted by atomic mass is 10.2. The Morgan fingerprint density at radius 3 is 2.17 bits per heavy atom. The summed E-state index contributed by atoms with van der Waals surface area (Å²) in [4.78, 5) is 18.2. The van der Waals surface area contributed by atoms with Crippen LogP contribution in [-0.2, 0) is 21.0 Å². The van der Waals surface area contributed by atoms with Gasteiger partial charge in [0.05, 0.1) is 17.0 Å². The minimum atomic E-state index is -4.64. The standard InChI is InChI=1S/C19H27F3N4O3S/c20-19(21,22)16-4-3-5-17(14-16)30(28,29)23-15-18(27)26-12-10-25(11-13-26)9-8-24-6-1-2-7-24/h3-5,14,23H,1-2,6-13,15H2. The van der Waals surface area contributed by atoms with Gasteiger partial charge in [-0.25, -0.2) is 13.1 Å². The van der Waals surface area contributed by atoms with E-state index in [2.05, 4.69) is 14.5 Å². The molecule has 30 heavy (non-hydrogen) atoms. The van der Waals surface area contributed by atoms with Crippen LogP contribution in [0, 0.1) is 0 Å². The number of alkyl halides is 3. The second-order valence-corrected chi connectivity index (χ2v) is 9.39. The predicted molar refractivity (Wildman–Crippen MR) is 105 cm³/mol. The zero-order chi connectivity index (χ0) is 21.8. The number of piperazine rings is 1. The molecular weight excluding hydrogens is 421 g/mol. The van der Waals surface area contributed by atoms with E-state index in [0.29, 0.717) is 19.2 Å². The number of rotatable bonds is 7. The van der Waals surface area contributed by atoms with Crippen LogP contribution < -0.4 is 4.72 Å². The van der Waals surface area contributed by atoms with E-state index in [0.717, 1.165) is 57.5 Å². The summed E-state index contributed by atoms with van der Waals surface area (Å²) >= 11 is 0. The first kappa shape index (κ1) is 23.0. The molecule has 0 bridgehead atoms. The molecule has 2 saturated heterocycles. The molecule has 0 unspecified atom stereocenters. The van der Waals surface area contributed by atoms with Crippen LogP contribution in [0.15, 0.2) is 29.2 Å². The predicted octanol–water partition coefficient (Wildman–Crippen LogP) is 1.22. The number of sulfonamides is 1. The lowest BCUT2D eigenvalue weighted by Crippen LogP contribution is -2.52. The highest BCUT2D eigenvalue weighted by atomic mass is 32.2. The number of amides is 1. The van der Waals surface area contributed by atoms with Gasteiger partial charge in [0, 0.05) is 39.3 Å². The van der Waals surface area contributed by atoms with E-state index in [4.69, 9.17) is 0 Å². The summed E-state index contributed by atoms with van der Waals surface area (Å²) in [5.74, 6) is -0.384. The molecule has 1 amide bonds. The second-order valence-electron chi connectivity index (χ2n) is 7.62. The molecule has 0 atom stereocenters. The van der Waals surface area contributed by atoms with Gasteiger partial charge in [-0.1, -0.05) is 6.07 Å². The van der Waals surface area contributed by atoms with E-state index in [1.165, 1.54) is 12.8 Å². The zero-order valence-corrected chi connectivity index (χ0v) is 17.5. The molecule has 1 aromatic rings. The number of carbonyl (C=O) groups excluding carboxylic acids is 1. The Morgan fingerprint density at radius 2 is 1.57 bits per heavy atom. The average molecular weight is 449 g/mol. The maximum absolute atomic E-state index is 12.8. The summed E-state index contributed by atoms with van der Waals surface area (Å²) in [5, 5.41) is 0. The molecule has 0 radical (unpaired) electrons. The molecular formula is C19H27F3N4O3S. The van der Waals surface area contributed by atoms with Gasteiger partial charge in [0.2, 0.25) is 15.9 Å². The highest BCUT2D eigenvalue weighted by Gasteiger charge is 2.32. The maximum atomic E-state index is 12.8. The van der Waals surface area contributed by atoms with Crippen molar-refractivity contribution >= 4 is 15.9 Å². The number of halogens is 3. The normalized spacial score (nSPS) is 19.4. The van der Waals surface area contributed by atoms with Gasteiger partial charge in [0.15, 0.2) is 0 Å². The van der Waals surface area contributed by atoms with Gasteiger partial charge in [0.25, 0.3) is 0 Å². The lowest BCUT2D eigenvalue weighted by molar-refractivity contribution is -0.137.